The highest BCUT2D eigenvalue weighted by molar-refractivity contribution is 7.12. The number of ether oxygens (including phenoxy) is 1. The van der Waals surface area contributed by atoms with Crippen LogP contribution >= 0.6 is 11.3 Å². The summed E-state index contributed by atoms with van der Waals surface area (Å²) in [6.07, 6.45) is 3.48. The maximum atomic E-state index is 11.3. The topological polar surface area (TPSA) is 44.1 Å². The summed E-state index contributed by atoms with van der Waals surface area (Å²) in [6.45, 7) is 0. The van der Waals surface area contributed by atoms with Crippen molar-refractivity contribution in [3.05, 3.63) is 35.6 Å². The Kier molecular flexibility index (Phi) is 2.32. The van der Waals surface area contributed by atoms with Gasteiger partial charge in [-0.15, -0.1) is 11.3 Å². The van der Waals surface area contributed by atoms with Crippen LogP contribution in [-0.2, 0) is 4.74 Å². The van der Waals surface area contributed by atoms with E-state index in [9.17, 15) is 4.79 Å². The average Bonchev–Trinajstić information content (AvgIpc) is 2.85. The normalized spacial score (nSPS) is 10.1. The molecule has 0 N–H and O–H groups in total. The van der Waals surface area contributed by atoms with Crippen LogP contribution in [0.4, 0.5) is 0 Å². The summed E-state index contributed by atoms with van der Waals surface area (Å²) in [6, 6.07) is 3.49. The van der Waals surface area contributed by atoms with Gasteiger partial charge in [-0.1, -0.05) is 0 Å². The number of carbonyl (C=O) groups is 1. The molecule has 0 fully saturated rings. The lowest BCUT2D eigenvalue weighted by molar-refractivity contribution is 0.0591. The van der Waals surface area contributed by atoms with E-state index in [2.05, 4.69) is 9.72 Å². The Morgan fingerprint density at radius 1 is 1.64 bits per heavy atom. The molecule has 4 nitrogen and oxygen atoms in total. The van der Waals surface area contributed by atoms with E-state index >= 15 is 0 Å². The Bertz CT molecular complexity index is 433. The molecule has 2 rings (SSSR count). The van der Waals surface area contributed by atoms with E-state index in [1.165, 1.54) is 18.4 Å². The van der Waals surface area contributed by atoms with E-state index in [1.54, 1.807) is 29.1 Å². The van der Waals surface area contributed by atoms with Gasteiger partial charge in [0.1, 0.15) is 5.69 Å². The number of rotatable bonds is 2. The SMILES string of the molecule is COC(=O)c1cccn1-c1nccs1. The molecule has 0 saturated heterocycles. The number of carbonyl (C=O) groups excluding carboxylic acids is 1. The highest BCUT2D eigenvalue weighted by atomic mass is 32.1. The van der Waals surface area contributed by atoms with E-state index in [-0.39, 0.29) is 5.97 Å². The van der Waals surface area contributed by atoms with Crippen molar-refractivity contribution in [1.29, 1.82) is 0 Å². The molecular formula is C9H8N2O2S. The Balaban J connectivity index is 2.45. The maximum Gasteiger partial charge on any atom is 0.355 e. The predicted molar refractivity (Wildman–Crippen MR) is 52.8 cm³/mol. The molecule has 2 heterocycles. The summed E-state index contributed by atoms with van der Waals surface area (Å²) in [5.41, 5.74) is 0.488. The minimum atomic E-state index is -0.356. The molecule has 0 unspecified atom stereocenters. The van der Waals surface area contributed by atoms with Gasteiger partial charge in [0.25, 0.3) is 0 Å². The first-order valence-corrected chi connectivity index (χ1v) is 4.86. The van der Waals surface area contributed by atoms with Gasteiger partial charge in [-0.05, 0) is 12.1 Å². The van der Waals surface area contributed by atoms with Crippen molar-refractivity contribution in [2.45, 2.75) is 0 Å². The number of methoxy groups -OCH3 is 1. The van der Waals surface area contributed by atoms with Crippen LogP contribution in [0, 0.1) is 0 Å². The molecule has 0 amide bonds. The van der Waals surface area contributed by atoms with Gasteiger partial charge in [0.2, 0.25) is 0 Å². The van der Waals surface area contributed by atoms with Gasteiger partial charge in [-0.3, -0.25) is 4.57 Å². The molecule has 0 saturated carbocycles. The first-order valence-electron chi connectivity index (χ1n) is 3.98. The monoisotopic (exact) mass is 208 g/mol. The molecule has 0 aromatic carbocycles. The number of esters is 1. The van der Waals surface area contributed by atoms with Gasteiger partial charge in [0, 0.05) is 17.8 Å². The highest BCUT2D eigenvalue weighted by Gasteiger charge is 2.12. The molecule has 0 spiro atoms. The number of hydrogen-bond acceptors (Lipinski definition) is 4. The summed E-state index contributed by atoms with van der Waals surface area (Å²) >= 11 is 1.47. The standard InChI is InChI=1S/C9H8N2O2S/c1-13-8(12)7-3-2-5-11(7)9-10-4-6-14-9/h2-6H,1H3. The van der Waals surface area contributed by atoms with Crippen molar-refractivity contribution in [3.8, 4) is 5.13 Å². The summed E-state index contributed by atoms with van der Waals surface area (Å²) in [7, 11) is 1.36. The fourth-order valence-electron chi connectivity index (χ4n) is 1.15. The summed E-state index contributed by atoms with van der Waals surface area (Å²) in [5, 5.41) is 2.62. The van der Waals surface area contributed by atoms with Gasteiger partial charge in [0.15, 0.2) is 5.13 Å². The van der Waals surface area contributed by atoms with Crippen molar-refractivity contribution < 1.29 is 9.53 Å². The molecule has 0 aliphatic rings. The first kappa shape index (κ1) is 8.96. The molecule has 0 radical (unpaired) electrons. The fraction of sp³-hybridized carbons (Fsp3) is 0.111. The second-order valence-electron chi connectivity index (χ2n) is 2.57. The molecule has 0 aliphatic carbocycles. The number of thiazole rings is 1. The van der Waals surface area contributed by atoms with Crippen LogP contribution in [0.3, 0.4) is 0 Å². The van der Waals surface area contributed by atoms with Gasteiger partial charge >= 0.3 is 5.97 Å². The molecular weight excluding hydrogens is 200 g/mol. The number of hydrogen-bond donors (Lipinski definition) is 0. The lowest BCUT2D eigenvalue weighted by Crippen LogP contribution is -2.07. The summed E-state index contributed by atoms with van der Waals surface area (Å²) < 4.78 is 6.36. The van der Waals surface area contributed by atoms with E-state index in [1.807, 2.05) is 5.38 Å². The molecule has 2 aromatic rings. The third-order valence-corrected chi connectivity index (χ3v) is 2.54. The maximum absolute atomic E-state index is 11.3. The quantitative estimate of drug-likeness (QED) is 0.706. The predicted octanol–water partition coefficient (Wildman–Crippen LogP) is 1.72. The van der Waals surface area contributed by atoms with Crippen molar-refractivity contribution in [2.24, 2.45) is 0 Å². The zero-order valence-electron chi connectivity index (χ0n) is 7.51. The van der Waals surface area contributed by atoms with Crippen molar-refractivity contribution in [2.75, 3.05) is 7.11 Å². The van der Waals surface area contributed by atoms with Crippen LogP contribution in [0.2, 0.25) is 0 Å². The summed E-state index contributed by atoms with van der Waals surface area (Å²) in [5.74, 6) is -0.356. The Morgan fingerprint density at radius 3 is 3.14 bits per heavy atom. The first-order chi connectivity index (χ1) is 6.83. The molecule has 0 bridgehead atoms. The fourth-order valence-corrected chi connectivity index (χ4v) is 1.79. The van der Waals surface area contributed by atoms with Crippen molar-refractivity contribution in [3.63, 3.8) is 0 Å². The second kappa shape index (κ2) is 3.63. The zero-order chi connectivity index (χ0) is 9.97. The van der Waals surface area contributed by atoms with Crippen molar-refractivity contribution >= 4 is 17.3 Å². The molecule has 0 aliphatic heterocycles. The third kappa shape index (κ3) is 1.42. The van der Waals surface area contributed by atoms with E-state index in [0.29, 0.717) is 5.69 Å². The van der Waals surface area contributed by atoms with Crippen LogP contribution in [-0.4, -0.2) is 22.6 Å². The average molecular weight is 208 g/mol. The Labute approximate surface area is 84.8 Å². The lowest BCUT2D eigenvalue weighted by Gasteiger charge is -2.02. The molecule has 14 heavy (non-hydrogen) atoms. The van der Waals surface area contributed by atoms with Gasteiger partial charge in [0.05, 0.1) is 7.11 Å². The van der Waals surface area contributed by atoms with Crippen LogP contribution in [0.25, 0.3) is 5.13 Å². The van der Waals surface area contributed by atoms with E-state index in [0.717, 1.165) is 5.13 Å². The Hall–Kier alpha value is -1.62. The van der Waals surface area contributed by atoms with Crippen LogP contribution in [0.15, 0.2) is 29.9 Å². The second-order valence-corrected chi connectivity index (χ2v) is 3.44. The largest absolute Gasteiger partial charge is 0.464 e. The number of aromatic nitrogens is 2. The third-order valence-electron chi connectivity index (χ3n) is 1.77. The molecule has 72 valence electrons. The van der Waals surface area contributed by atoms with Gasteiger partial charge in [-0.2, -0.15) is 0 Å². The minimum absolute atomic E-state index is 0.356. The number of nitrogens with zero attached hydrogens (tertiary/aromatic N) is 2. The van der Waals surface area contributed by atoms with E-state index in [4.69, 9.17) is 0 Å². The van der Waals surface area contributed by atoms with E-state index < -0.39 is 0 Å². The van der Waals surface area contributed by atoms with Gasteiger partial charge in [-0.25, -0.2) is 9.78 Å². The molecule has 0 atom stereocenters. The van der Waals surface area contributed by atoms with Gasteiger partial charge < -0.3 is 4.74 Å². The molecule has 2 aromatic heterocycles. The minimum Gasteiger partial charge on any atom is -0.464 e. The zero-order valence-corrected chi connectivity index (χ0v) is 8.32. The van der Waals surface area contributed by atoms with Crippen molar-refractivity contribution in [1.82, 2.24) is 9.55 Å². The summed E-state index contributed by atoms with van der Waals surface area (Å²) in [4.78, 5) is 15.4. The van der Waals surface area contributed by atoms with Crippen LogP contribution in [0.1, 0.15) is 10.5 Å². The van der Waals surface area contributed by atoms with Crippen LogP contribution < -0.4 is 0 Å². The Morgan fingerprint density at radius 2 is 2.50 bits per heavy atom. The van der Waals surface area contributed by atoms with Crippen LogP contribution in [0.5, 0.6) is 0 Å². The molecule has 5 heteroatoms. The lowest BCUT2D eigenvalue weighted by atomic mass is 10.4. The smallest absolute Gasteiger partial charge is 0.355 e. The highest BCUT2D eigenvalue weighted by Crippen LogP contribution is 2.15.